The lowest BCUT2D eigenvalue weighted by molar-refractivity contribution is -0.137. The fourth-order valence-corrected chi connectivity index (χ4v) is 1.67. The van der Waals surface area contributed by atoms with Crippen molar-refractivity contribution in [1.29, 1.82) is 0 Å². The van der Waals surface area contributed by atoms with Gasteiger partial charge in [-0.15, -0.1) is 0 Å². The van der Waals surface area contributed by atoms with E-state index in [-0.39, 0.29) is 0 Å². The number of carboxylic acids is 1. The first kappa shape index (κ1) is 11.5. The molecule has 0 aromatic heterocycles. The smallest absolute Gasteiger partial charge is 0.303 e. The van der Waals surface area contributed by atoms with Gasteiger partial charge in [0.2, 0.25) is 0 Å². The minimum atomic E-state index is -0.676. The number of rotatable bonds is 8. The molecule has 1 fully saturated rings. The normalized spacial score (nSPS) is 24.9. The van der Waals surface area contributed by atoms with Gasteiger partial charge in [-0.05, 0) is 44.2 Å². The first-order valence-corrected chi connectivity index (χ1v) is 5.62. The largest absolute Gasteiger partial charge is 0.481 e. The number of hydrogen-bond acceptors (Lipinski definition) is 2. The lowest BCUT2D eigenvalue weighted by Crippen LogP contribution is -2.18. The predicted molar refractivity (Wildman–Crippen MR) is 56.2 cm³/mol. The molecule has 0 bridgehead atoms. The maximum absolute atomic E-state index is 10.2. The van der Waals surface area contributed by atoms with Gasteiger partial charge in [0.25, 0.3) is 0 Å². The van der Waals surface area contributed by atoms with Crippen molar-refractivity contribution in [3.8, 4) is 0 Å². The van der Waals surface area contributed by atoms with Gasteiger partial charge in [0, 0.05) is 6.42 Å². The van der Waals surface area contributed by atoms with E-state index >= 15 is 0 Å². The molecule has 0 spiro atoms. The van der Waals surface area contributed by atoms with Crippen LogP contribution in [0, 0.1) is 11.8 Å². The quantitative estimate of drug-likeness (QED) is 0.587. The van der Waals surface area contributed by atoms with E-state index in [0.29, 0.717) is 6.42 Å². The molecule has 0 aliphatic heterocycles. The summed E-state index contributed by atoms with van der Waals surface area (Å²) in [4.78, 5) is 10.2. The highest BCUT2D eigenvalue weighted by atomic mass is 16.4. The van der Waals surface area contributed by atoms with Gasteiger partial charge in [0.05, 0.1) is 0 Å². The number of hydrogen-bond donors (Lipinski definition) is 2. The van der Waals surface area contributed by atoms with E-state index in [1.165, 1.54) is 6.42 Å². The SMILES string of the molecule is CC1CC1CNCCCCCC(=O)O. The van der Waals surface area contributed by atoms with Gasteiger partial charge in [0.15, 0.2) is 0 Å². The first-order chi connectivity index (χ1) is 6.70. The molecule has 14 heavy (non-hydrogen) atoms. The Bertz CT molecular complexity index is 182. The third kappa shape index (κ3) is 5.22. The highest BCUT2D eigenvalue weighted by Crippen LogP contribution is 2.36. The molecule has 0 radical (unpaired) electrons. The van der Waals surface area contributed by atoms with Crippen LogP contribution >= 0.6 is 0 Å². The van der Waals surface area contributed by atoms with Crippen LogP contribution in [-0.4, -0.2) is 24.2 Å². The Morgan fingerprint density at radius 3 is 2.71 bits per heavy atom. The number of aliphatic carboxylic acids is 1. The van der Waals surface area contributed by atoms with Gasteiger partial charge in [-0.25, -0.2) is 0 Å². The number of unbranched alkanes of at least 4 members (excludes halogenated alkanes) is 2. The van der Waals surface area contributed by atoms with Crippen molar-refractivity contribution in [2.45, 2.75) is 39.0 Å². The topological polar surface area (TPSA) is 49.3 Å². The van der Waals surface area contributed by atoms with Crippen LogP contribution in [0.4, 0.5) is 0 Å². The van der Waals surface area contributed by atoms with E-state index in [2.05, 4.69) is 12.2 Å². The Morgan fingerprint density at radius 2 is 2.14 bits per heavy atom. The molecule has 2 N–H and O–H groups in total. The molecule has 0 heterocycles. The summed E-state index contributed by atoms with van der Waals surface area (Å²) in [6, 6.07) is 0. The molecule has 0 amide bonds. The second-order valence-electron chi connectivity index (χ2n) is 4.38. The molecule has 1 aliphatic rings. The average Bonchev–Trinajstić information content (AvgIpc) is 2.80. The molecule has 0 saturated heterocycles. The molecule has 1 rings (SSSR count). The third-order valence-corrected chi connectivity index (χ3v) is 2.93. The molecule has 3 nitrogen and oxygen atoms in total. The zero-order valence-corrected chi connectivity index (χ0v) is 8.96. The standard InChI is InChI=1S/C11H21NO2/c1-9-7-10(9)8-12-6-4-2-3-5-11(13)14/h9-10,12H,2-8H2,1H3,(H,13,14). The summed E-state index contributed by atoms with van der Waals surface area (Å²) in [5, 5.41) is 11.8. The molecule has 1 aliphatic carbocycles. The minimum Gasteiger partial charge on any atom is -0.481 e. The minimum absolute atomic E-state index is 0.319. The van der Waals surface area contributed by atoms with Crippen molar-refractivity contribution in [2.24, 2.45) is 11.8 Å². The van der Waals surface area contributed by atoms with Crippen LogP contribution < -0.4 is 5.32 Å². The van der Waals surface area contributed by atoms with Gasteiger partial charge < -0.3 is 10.4 Å². The second kappa shape index (κ2) is 6.02. The summed E-state index contributed by atoms with van der Waals surface area (Å²) in [6.45, 7) is 4.49. The number of nitrogens with one attached hydrogen (secondary N) is 1. The van der Waals surface area contributed by atoms with Crippen molar-refractivity contribution in [3.63, 3.8) is 0 Å². The highest BCUT2D eigenvalue weighted by molar-refractivity contribution is 5.66. The monoisotopic (exact) mass is 199 g/mol. The van der Waals surface area contributed by atoms with Crippen molar-refractivity contribution < 1.29 is 9.90 Å². The van der Waals surface area contributed by atoms with Gasteiger partial charge in [0.1, 0.15) is 0 Å². The number of carboxylic acid groups (broad SMARTS) is 1. The third-order valence-electron chi connectivity index (χ3n) is 2.93. The summed E-state index contributed by atoms with van der Waals surface area (Å²) >= 11 is 0. The van der Waals surface area contributed by atoms with Crippen LogP contribution in [0.15, 0.2) is 0 Å². The van der Waals surface area contributed by atoms with Crippen LogP contribution in [0.1, 0.15) is 39.0 Å². The van der Waals surface area contributed by atoms with E-state index in [1.807, 2.05) is 0 Å². The highest BCUT2D eigenvalue weighted by Gasteiger charge is 2.31. The van der Waals surface area contributed by atoms with E-state index in [4.69, 9.17) is 5.11 Å². The van der Waals surface area contributed by atoms with Gasteiger partial charge in [-0.1, -0.05) is 13.3 Å². The predicted octanol–water partition coefficient (Wildman–Crippen LogP) is 1.88. The number of carbonyl (C=O) groups is 1. The fourth-order valence-electron chi connectivity index (χ4n) is 1.67. The maximum Gasteiger partial charge on any atom is 0.303 e. The molecule has 2 atom stereocenters. The van der Waals surface area contributed by atoms with E-state index < -0.39 is 5.97 Å². The second-order valence-corrected chi connectivity index (χ2v) is 4.38. The Hall–Kier alpha value is -0.570. The van der Waals surface area contributed by atoms with Crippen LogP contribution in [0.5, 0.6) is 0 Å². The molecular formula is C11H21NO2. The summed E-state index contributed by atoms with van der Waals surface area (Å²) in [5.41, 5.74) is 0. The average molecular weight is 199 g/mol. The van der Waals surface area contributed by atoms with Crippen molar-refractivity contribution >= 4 is 5.97 Å². The van der Waals surface area contributed by atoms with Crippen LogP contribution in [0.2, 0.25) is 0 Å². The van der Waals surface area contributed by atoms with Gasteiger partial charge in [-0.2, -0.15) is 0 Å². The fraction of sp³-hybridized carbons (Fsp3) is 0.909. The Balaban J connectivity index is 1.74. The van der Waals surface area contributed by atoms with Gasteiger partial charge in [-0.3, -0.25) is 4.79 Å². The molecule has 0 aromatic carbocycles. The summed E-state index contributed by atoms with van der Waals surface area (Å²) < 4.78 is 0. The van der Waals surface area contributed by atoms with Gasteiger partial charge >= 0.3 is 5.97 Å². The Labute approximate surface area is 85.9 Å². The summed E-state index contributed by atoms with van der Waals surface area (Å²) in [6.07, 6.45) is 4.65. The molecule has 1 saturated carbocycles. The zero-order valence-electron chi connectivity index (χ0n) is 8.96. The van der Waals surface area contributed by atoms with Crippen molar-refractivity contribution in [3.05, 3.63) is 0 Å². The summed E-state index contributed by atoms with van der Waals surface area (Å²) in [7, 11) is 0. The maximum atomic E-state index is 10.2. The Kier molecular flexibility index (Phi) is 4.94. The van der Waals surface area contributed by atoms with E-state index in [1.54, 1.807) is 0 Å². The first-order valence-electron chi connectivity index (χ1n) is 5.62. The van der Waals surface area contributed by atoms with E-state index in [9.17, 15) is 4.79 Å². The van der Waals surface area contributed by atoms with Crippen LogP contribution in [0.3, 0.4) is 0 Å². The lowest BCUT2D eigenvalue weighted by Gasteiger charge is -2.02. The zero-order chi connectivity index (χ0) is 10.4. The van der Waals surface area contributed by atoms with Crippen molar-refractivity contribution in [1.82, 2.24) is 5.32 Å². The lowest BCUT2D eigenvalue weighted by atomic mass is 10.2. The molecular weight excluding hydrogens is 178 g/mol. The Morgan fingerprint density at radius 1 is 1.43 bits per heavy atom. The molecule has 3 heteroatoms. The van der Waals surface area contributed by atoms with Crippen molar-refractivity contribution in [2.75, 3.05) is 13.1 Å². The van der Waals surface area contributed by atoms with Crippen LogP contribution in [0.25, 0.3) is 0 Å². The molecule has 2 unspecified atom stereocenters. The summed E-state index contributed by atoms with van der Waals surface area (Å²) in [5.74, 6) is 1.16. The van der Waals surface area contributed by atoms with E-state index in [0.717, 1.165) is 44.2 Å². The molecule has 0 aromatic rings. The van der Waals surface area contributed by atoms with Crippen LogP contribution in [-0.2, 0) is 4.79 Å². The molecule has 82 valence electrons.